The average Bonchev–Trinajstić information content (AvgIpc) is 2.76. The standard InChI is InChI=1S/C15H17N3/c1-2-4-13(5-3-1)14-11-16-17-18-9-7-12-6-8-15(14,18)10-12/h1-5,11-12H,6-10H2/t12-,15-/m0/s1. The zero-order valence-corrected chi connectivity index (χ0v) is 10.4. The van der Waals surface area contributed by atoms with E-state index in [-0.39, 0.29) is 5.54 Å². The Bertz CT molecular complexity index is 520. The van der Waals surface area contributed by atoms with Gasteiger partial charge in [0.15, 0.2) is 0 Å². The smallest absolute Gasteiger partial charge is 0.0868 e. The Hall–Kier alpha value is -1.64. The van der Waals surface area contributed by atoms with Crippen LogP contribution in [0.1, 0.15) is 31.2 Å². The maximum absolute atomic E-state index is 4.38. The molecule has 4 rings (SSSR count). The molecule has 2 fully saturated rings. The van der Waals surface area contributed by atoms with Crippen molar-refractivity contribution in [2.45, 2.75) is 31.2 Å². The summed E-state index contributed by atoms with van der Waals surface area (Å²) in [4.78, 5) is 0. The molecule has 0 radical (unpaired) electrons. The third-order valence-electron chi connectivity index (χ3n) is 4.77. The molecule has 2 aliphatic heterocycles. The number of fused-ring (bicyclic) bond motifs is 1. The molecule has 18 heavy (non-hydrogen) atoms. The second-order valence-corrected chi connectivity index (χ2v) is 5.67. The van der Waals surface area contributed by atoms with Crippen LogP contribution in [0.3, 0.4) is 0 Å². The van der Waals surface area contributed by atoms with E-state index in [1.165, 1.54) is 36.8 Å². The van der Waals surface area contributed by atoms with Gasteiger partial charge in [0.1, 0.15) is 0 Å². The first kappa shape index (κ1) is 10.3. The van der Waals surface area contributed by atoms with Gasteiger partial charge in [0.2, 0.25) is 0 Å². The fourth-order valence-corrected chi connectivity index (χ4v) is 3.87. The van der Waals surface area contributed by atoms with Gasteiger partial charge in [-0.05, 0) is 37.2 Å². The molecule has 0 unspecified atom stereocenters. The predicted octanol–water partition coefficient (Wildman–Crippen LogP) is 3.65. The first-order valence-corrected chi connectivity index (χ1v) is 6.83. The fourth-order valence-electron chi connectivity index (χ4n) is 3.87. The number of nitrogens with zero attached hydrogens (tertiary/aromatic N) is 3. The van der Waals surface area contributed by atoms with Crippen molar-refractivity contribution in [3.63, 3.8) is 0 Å². The van der Waals surface area contributed by atoms with E-state index in [4.69, 9.17) is 0 Å². The lowest BCUT2D eigenvalue weighted by molar-refractivity contribution is 0.0946. The maximum atomic E-state index is 4.38. The van der Waals surface area contributed by atoms with Crippen LogP contribution in [0, 0.1) is 5.92 Å². The molecule has 3 nitrogen and oxygen atoms in total. The second kappa shape index (κ2) is 3.67. The highest BCUT2D eigenvalue weighted by Gasteiger charge is 2.51. The minimum atomic E-state index is 0.145. The van der Waals surface area contributed by atoms with E-state index in [2.05, 4.69) is 45.7 Å². The first-order valence-electron chi connectivity index (χ1n) is 6.83. The van der Waals surface area contributed by atoms with Crippen molar-refractivity contribution in [3.8, 4) is 0 Å². The summed E-state index contributed by atoms with van der Waals surface area (Å²) in [7, 11) is 0. The van der Waals surface area contributed by atoms with Gasteiger partial charge in [0, 0.05) is 12.1 Å². The molecule has 2 heterocycles. The lowest BCUT2D eigenvalue weighted by atomic mass is 9.80. The number of hydrogen-bond acceptors (Lipinski definition) is 3. The Labute approximate surface area is 107 Å². The molecule has 3 heteroatoms. The van der Waals surface area contributed by atoms with Crippen molar-refractivity contribution in [2.75, 3.05) is 6.54 Å². The Morgan fingerprint density at radius 3 is 2.94 bits per heavy atom. The summed E-state index contributed by atoms with van der Waals surface area (Å²) in [5.41, 5.74) is 2.83. The molecule has 2 bridgehead atoms. The van der Waals surface area contributed by atoms with E-state index in [1.54, 1.807) is 0 Å². The average molecular weight is 239 g/mol. The monoisotopic (exact) mass is 239 g/mol. The van der Waals surface area contributed by atoms with Gasteiger partial charge in [-0.1, -0.05) is 35.6 Å². The van der Waals surface area contributed by atoms with Crippen molar-refractivity contribution in [3.05, 3.63) is 42.1 Å². The van der Waals surface area contributed by atoms with Crippen LogP contribution in [-0.2, 0) is 0 Å². The zero-order chi connectivity index (χ0) is 12.0. The minimum Gasteiger partial charge on any atom is -0.268 e. The van der Waals surface area contributed by atoms with Crippen molar-refractivity contribution in [1.82, 2.24) is 5.01 Å². The van der Waals surface area contributed by atoms with Crippen LogP contribution < -0.4 is 0 Å². The lowest BCUT2D eigenvalue weighted by Gasteiger charge is -2.44. The molecule has 2 atom stereocenters. The summed E-state index contributed by atoms with van der Waals surface area (Å²) in [6, 6.07) is 10.7. The van der Waals surface area contributed by atoms with E-state index < -0.39 is 0 Å². The zero-order valence-electron chi connectivity index (χ0n) is 10.4. The van der Waals surface area contributed by atoms with Crippen LogP contribution in [0.2, 0.25) is 0 Å². The van der Waals surface area contributed by atoms with Gasteiger partial charge in [0.05, 0.1) is 11.7 Å². The van der Waals surface area contributed by atoms with Crippen LogP contribution >= 0.6 is 0 Å². The van der Waals surface area contributed by atoms with Crippen LogP contribution in [0.5, 0.6) is 0 Å². The highest BCUT2D eigenvalue weighted by molar-refractivity contribution is 5.74. The Balaban J connectivity index is 1.82. The van der Waals surface area contributed by atoms with E-state index in [1.807, 2.05) is 6.20 Å². The van der Waals surface area contributed by atoms with E-state index in [0.717, 1.165) is 12.5 Å². The quantitative estimate of drug-likeness (QED) is 0.735. The molecule has 1 spiro atoms. The third kappa shape index (κ3) is 1.30. The Morgan fingerprint density at radius 1 is 1.17 bits per heavy atom. The largest absolute Gasteiger partial charge is 0.268 e. The first-order chi connectivity index (χ1) is 8.88. The topological polar surface area (TPSA) is 28.0 Å². The molecule has 1 saturated heterocycles. The Morgan fingerprint density at radius 2 is 2.06 bits per heavy atom. The number of rotatable bonds is 1. The molecule has 0 aromatic heterocycles. The van der Waals surface area contributed by atoms with Crippen LogP contribution in [-0.4, -0.2) is 17.1 Å². The SMILES string of the molecule is C1=C(c2ccccc2)[C@@]23CC[C@@H](CCN2N=N1)C3. The van der Waals surface area contributed by atoms with Gasteiger partial charge >= 0.3 is 0 Å². The summed E-state index contributed by atoms with van der Waals surface area (Å²) in [6.45, 7) is 1.07. The molecule has 0 amide bonds. The Kier molecular flexibility index (Phi) is 2.10. The molecule has 1 aromatic rings. The number of benzene rings is 1. The molecular weight excluding hydrogens is 222 g/mol. The third-order valence-corrected chi connectivity index (χ3v) is 4.77. The summed E-state index contributed by atoms with van der Waals surface area (Å²) in [5.74, 6) is 0.890. The molecule has 1 aromatic carbocycles. The van der Waals surface area contributed by atoms with Crippen LogP contribution in [0.15, 0.2) is 46.9 Å². The van der Waals surface area contributed by atoms with Crippen molar-refractivity contribution in [1.29, 1.82) is 0 Å². The highest BCUT2D eigenvalue weighted by Crippen LogP contribution is 2.53. The summed E-state index contributed by atoms with van der Waals surface area (Å²) >= 11 is 0. The van der Waals surface area contributed by atoms with Crippen molar-refractivity contribution < 1.29 is 0 Å². The highest BCUT2D eigenvalue weighted by atomic mass is 15.6. The van der Waals surface area contributed by atoms with Crippen molar-refractivity contribution in [2.24, 2.45) is 16.3 Å². The van der Waals surface area contributed by atoms with E-state index in [0.29, 0.717) is 0 Å². The van der Waals surface area contributed by atoms with Gasteiger partial charge in [-0.3, -0.25) is 5.01 Å². The van der Waals surface area contributed by atoms with Crippen molar-refractivity contribution >= 4 is 5.57 Å². The molecule has 3 aliphatic rings. The summed E-state index contributed by atoms with van der Waals surface area (Å²) in [5, 5.41) is 10.8. The molecule has 92 valence electrons. The molecule has 1 saturated carbocycles. The number of hydrogen-bond donors (Lipinski definition) is 0. The van der Waals surface area contributed by atoms with Crippen LogP contribution in [0.4, 0.5) is 0 Å². The predicted molar refractivity (Wildman–Crippen MR) is 70.7 cm³/mol. The molecule has 0 N–H and O–H groups in total. The van der Waals surface area contributed by atoms with E-state index in [9.17, 15) is 0 Å². The van der Waals surface area contributed by atoms with Gasteiger partial charge in [-0.2, -0.15) is 0 Å². The maximum Gasteiger partial charge on any atom is 0.0868 e. The molecular formula is C15H17N3. The van der Waals surface area contributed by atoms with Gasteiger partial charge in [-0.25, -0.2) is 0 Å². The normalized spacial score (nSPS) is 33.2. The van der Waals surface area contributed by atoms with Gasteiger partial charge in [0.25, 0.3) is 0 Å². The molecule has 1 aliphatic carbocycles. The fraction of sp³-hybridized carbons (Fsp3) is 0.467. The lowest BCUT2D eigenvalue weighted by Crippen LogP contribution is -2.48. The number of piperidine rings is 1. The van der Waals surface area contributed by atoms with Gasteiger partial charge in [-0.15, -0.1) is 5.11 Å². The van der Waals surface area contributed by atoms with Crippen LogP contribution in [0.25, 0.3) is 5.57 Å². The van der Waals surface area contributed by atoms with E-state index >= 15 is 0 Å². The minimum absolute atomic E-state index is 0.145. The second-order valence-electron chi connectivity index (χ2n) is 5.67. The summed E-state index contributed by atoms with van der Waals surface area (Å²) < 4.78 is 0. The van der Waals surface area contributed by atoms with Gasteiger partial charge < -0.3 is 0 Å². The summed E-state index contributed by atoms with van der Waals surface area (Å²) in [6.07, 6.45) is 7.10.